The van der Waals surface area contributed by atoms with Crippen molar-refractivity contribution in [2.24, 2.45) is 0 Å². The molecule has 14 heteroatoms. The van der Waals surface area contributed by atoms with Gasteiger partial charge in [-0.05, 0) is 56.2 Å². The number of aromatic nitrogens is 3. The Kier molecular flexibility index (Phi) is 9.09. The summed E-state index contributed by atoms with van der Waals surface area (Å²) >= 11 is 12.2. The van der Waals surface area contributed by atoms with Crippen molar-refractivity contribution in [3.05, 3.63) is 76.7 Å². The molecule has 1 amide bonds. The minimum absolute atomic E-state index is 0.0257. The third kappa shape index (κ3) is 6.71. The van der Waals surface area contributed by atoms with Crippen molar-refractivity contribution in [3.8, 4) is 0 Å². The van der Waals surface area contributed by atoms with Crippen LogP contribution in [0.4, 0.5) is 11.5 Å². The molecule has 0 aliphatic carbocycles. The average molecular weight is 646 g/mol. The molecule has 0 spiro atoms. The molecule has 1 fully saturated rings. The first-order valence-electron chi connectivity index (χ1n) is 13.5. The van der Waals surface area contributed by atoms with Crippen molar-refractivity contribution in [3.63, 3.8) is 0 Å². The number of nitrogens with one attached hydrogen (secondary N) is 1. The summed E-state index contributed by atoms with van der Waals surface area (Å²) in [5, 5.41) is 4.43. The summed E-state index contributed by atoms with van der Waals surface area (Å²) in [4.78, 5) is 38.1. The number of benzene rings is 2. The molecular formula is C29H30Cl2N6O5S. The molecule has 0 saturated carbocycles. The third-order valence-electron chi connectivity index (χ3n) is 7.30. The van der Waals surface area contributed by atoms with Crippen LogP contribution >= 0.6 is 23.2 Å². The average Bonchev–Trinajstić information content (AvgIpc) is 3.44. The van der Waals surface area contributed by atoms with Gasteiger partial charge in [-0.15, -0.1) is 0 Å². The highest BCUT2D eigenvalue weighted by Crippen LogP contribution is 2.30. The fourth-order valence-corrected chi connectivity index (χ4v) is 6.95. The number of amides is 1. The van der Waals surface area contributed by atoms with E-state index in [-0.39, 0.29) is 35.6 Å². The lowest BCUT2D eigenvalue weighted by Crippen LogP contribution is -2.52. The van der Waals surface area contributed by atoms with Gasteiger partial charge in [0.15, 0.2) is 5.65 Å². The molecule has 11 nitrogen and oxygen atoms in total. The zero-order valence-electron chi connectivity index (χ0n) is 23.5. The Morgan fingerprint density at radius 2 is 1.81 bits per heavy atom. The number of nitrogens with zero attached hydrogens (tertiary/aromatic N) is 5. The number of halogens is 2. The number of fused-ring (bicyclic) bond motifs is 1. The second-order valence-corrected chi connectivity index (χ2v) is 12.9. The van der Waals surface area contributed by atoms with E-state index in [1.54, 1.807) is 58.3 Å². The van der Waals surface area contributed by atoms with E-state index in [9.17, 15) is 18.0 Å². The first kappa shape index (κ1) is 30.6. The van der Waals surface area contributed by atoms with Crippen molar-refractivity contribution in [1.29, 1.82) is 0 Å². The molecule has 3 heterocycles. The number of esters is 1. The Bertz CT molecular complexity index is 1740. The van der Waals surface area contributed by atoms with E-state index < -0.39 is 16.0 Å². The molecule has 1 N–H and O–H groups in total. The number of anilines is 2. The van der Waals surface area contributed by atoms with E-state index in [0.717, 1.165) is 9.54 Å². The van der Waals surface area contributed by atoms with E-state index in [1.807, 2.05) is 6.92 Å². The van der Waals surface area contributed by atoms with Gasteiger partial charge in [0.1, 0.15) is 18.7 Å². The van der Waals surface area contributed by atoms with Crippen LogP contribution in [0.15, 0.2) is 66.0 Å². The summed E-state index contributed by atoms with van der Waals surface area (Å²) in [6.45, 7) is 2.62. The molecular weight excluding hydrogens is 615 g/mol. The van der Waals surface area contributed by atoms with Crippen LogP contribution in [0.1, 0.15) is 18.4 Å². The van der Waals surface area contributed by atoms with Crippen LogP contribution in [0.3, 0.4) is 0 Å². The second-order valence-electron chi connectivity index (χ2n) is 10.2. The van der Waals surface area contributed by atoms with Gasteiger partial charge in [0, 0.05) is 41.1 Å². The number of aryl methyl sites for hydroxylation is 1. The highest BCUT2D eigenvalue weighted by Gasteiger charge is 2.32. The highest BCUT2D eigenvalue weighted by molar-refractivity contribution is 7.90. The van der Waals surface area contributed by atoms with Crippen molar-refractivity contribution in [1.82, 2.24) is 18.8 Å². The topological polar surface area (TPSA) is 127 Å². The standard InChI is InChI=1S/C29H30Cl2N6O5S/c1-19-5-7-24(8-6-19)43(40,41)37-11-9-25-28(33-18-34-29(25)37)36(17-27(39)42-2)23-4-3-10-35(16-23)26(38)15-32-22-13-20(30)12-21(31)14-22/h5-9,11-14,18,23,32H,3-4,10,15-17H2,1-2H3/t23-/m1/s1. The monoisotopic (exact) mass is 644 g/mol. The largest absolute Gasteiger partial charge is 0.468 e. The molecule has 0 unspecified atom stereocenters. The van der Waals surface area contributed by atoms with Gasteiger partial charge < -0.3 is 19.9 Å². The van der Waals surface area contributed by atoms with Crippen LogP contribution in [0.2, 0.25) is 10.0 Å². The molecule has 1 aliphatic rings. The summed E-state index contributed by atoms with van der Waals surface area (Å²) in [5.41, 5.74) is 1.73. The number of rotatable bonds is 9. The molecule has 226 valence electrons. The first-order valence-corrected chi connectivity index (χ1v) is 15.7. The Labute approximate surface area is 259 Å². The third-order valence-corrected chi connectivity index (χ3v) is 9.42. The lowest BCUT2D eigenvalue weighted by molar-refractivity contribution is -0.139. The number of hydrogen-bond donors (Lipinski definition) is 1. The second kappa shape index (κ2) is 12.8. The van der Waals surface area contributed by atoms with E-state index in [2.05, 4.69) is 15.3 Å². The van der Waals surface area contributed by atoms with Crippen molar-refractivity contribution in [2.45, 2.75) is 30.7 Å². The first-order chi connectivity index (χ1) is 20.6. The van der Waals surface area contributed by atoms with Crippen LogP contribution in [0.5, 0.6) is 0 Å². The minimum atomic E-state index is -3.95. The Morgan fingerprint density at radius 1 is 1.09 bits per heavy atom. The predicted molar refractivity (Wildman–Crippen MR) is 165 cm³/mol. The molecule has 0 bridgehead atoms. The van der Waals surface area contributed by atoms with Crippen molar-refractivity contribution >= 4 is 67.6 Å². The highest BCUT2D eigenvalue weighted by atomic mass is 35.5. The van der Waals surface area contributed by atoms with Crippen LogP contribution in [-0.2, 0) is 24.3 Å². The minimum Gasteiger partial charge on any atom is -0.468 e. The number of hydrogen-bond acceptors (Lipinski definition) is 9. The number of methoxy groups -OCH3 is 1. The maximum absolute atomic E-state index is 13.5. The van der Waals surface area contributed by atoms with Crippen LogP contribution in [-0.4, -0.2) is 78.5 Å². The quantitative estimate of drug-likeness (QED) is 0.264. The fraction of sp³-hybridized carbons (Fsp3) is 0.310. The molecule has 1 atom stereocenters. The maximum atomic E-state index is 13.5. The Balaban J connectivity index is 1.42. The van der Waals surface area contributed by atoms with Crippen LogP contribution in [0, 0.1) is 6.92 Å². The summed E-state index contributed by atoms with van der Waals surface area (Å²) in [5.74, 6) is -0.261. The van der Waals surface area contributed by atoms with E-state index in [0.29, 0.717) is 52.9 Å². The zero-order valence-corrected chi connectivity index (χ0v) is 25.9. The molecule has 4 aromatic rings. The fourth-order valence-electron chi connectivity index (χ4n) is 5.12. The summed E-state index contributed by atoms with van der Waals surface area (Å²) < 4.78 is 33.1. The van der Waals surface area contributed by atoms with Gasteiger partial charge in [-0.25, -0.2) is 22.4 Å². The normalized spacial score (nSPS) is 15.3. The molecule has 5 rings (SSSR count). The van der Waals surface area contributed by atoms with Gasteiger partial charge >= 0.3 is 5.97 Å². The van der Waals surface area contributed by atoms with Gasteiger partial charge in [0.2, 0.25) is 5.91 Å². The Hall–Kier alpha value is -3.87. The molecule has 1 aliphatic heterocycles. The van der Waals surface area contributed by atoms with Crippen molar-refractivity contribution in [2.75, 3.05) is 43.5 Å². The van der Waals surface area contributed by atoms with Gasteiger partial charge in [-0.3, -0.25) is 9.59 Å². The number of piperidine rings is 1. The van der Waals surface area contributed by atoms with Crippen LogP contribution in [0.25, 0.3) is 11.0 Å². The molecule has 2 aromatic heterocycles. The van der Waals surface area contributed by atoms with E-state index in [1.165, 1.54) is 19.6 Å². The van der Waals surface area contributed by atoms with E-state index in [4.69, 9.17) is 27.9 Å². The summed E-state index contributed by atoms with van der Waals surface area (Å²) in [6, 6.07) is 12.8. The van der Waals surface area contributed by atoms with Crippen molar-refractivity contribution < 1.29 is 22.7 Å². The number of carbonyl (C=O) groups excluding carboxylic acids is 2. The number of ether oxygens (including phenoxy) is 1. The predicted octanol–water partition coefficient (Wildman–Crippen LogP) is 4.37. The summed E-state index contributed by atoms with van der Waals surface area (Å²) in [6.07, 6.45) is 4.06. The lowest BCUT2D eigenvalue weighted by atomic mass is 10.0. The van der Waals surface area contributed by atoms with E-state index >= 15 is 0 Å². The number of carbonyl (C=O) groups is 2. The van der Waals surface area contributed by atoms with Gasteiger partial charge in [-0.2, -0.15) is 0 Å². The zero-order chi connectivity index (χ0) is 30.7. The van der Waals surface area contributed by atoms with Gasteiger partial charge in [0.25, 0.3) is 10.0 Å². The molecule has 2 aromatic carbocycles. The van der Waals surface area contributed by atoms with Gasteiger partial charge in [-0.1, -0.05) is 40.9 Å². The summed E-state index contributed by atoms with van der Waals surface area (Å²) in [7, 11) is -2.65. The van der Waals surface area contributed by atoms with Crippen LogP contribution < -0.4 is 10.2 Å². The molecule has 1 saturated heterocycles. The molecule has 0 radical (unpaired) electrons. The maximum Gasteiger partial charge on any atom is 0.325 e. The smallest absolute Gasteiger partial charge is 0.325 e. The Morgan fingerprint density at radius 3 is 2.51 bits per heavy atom. The lowest BCUT2D eigenvalue weighted by Gasteiger charge is -2.39. The SMILES string of the molecule is COC(=O)CN(c1ncnc2c1ccn2S(=O)(=O)c1ccc(C)cc1)[C@@H]1CCCN(C(=O)CNc2cc(Cl)cc(Cl)c2)C1. The van der Waals surface area contributed by atoms with Gasteiger partial charge in [0.05, 0.1) is 23.9 Å². The number of likely N-dealkylation sites (tertiary alicyclic amines) is 1. The molecule has 43 heavy (non-hydrogen) atoms.